The third-order valence-electron chi connectivity index (χ3n) is 3.13. The number of nitrogens with one attached hydrogen (secondary N) is 1. The average molecular weight is 255 g/mol. The van der Waals surface area contributed by atoms with Crippen LogP contribution in [0.5, 0.6) is 11.5 Å². The summed E-state index contributed by atoms with van der Waals surface area (Å²) in [5, 5.41) is 3.12. The molecule has 0 saturated heterocycles. The largest absolute Gasteiger partial charge is 0.454 e. The molecule has 0 atom stereocenters. The summed E-state index contributed by atoms with van der Waals surface area (Å²) >= 11 is 0. The second-order valence-electron chi connectivity index (χ2n) is 4.83. The molecule has 2 aromatic rings. The molecule has 1 heterocycles. The number of benzene rings is 1. The summed E-state index contributed by atoms with van der Waals surface area (Å²) in [4.78, 5) is 8.68. The van der Waals surface area contributed by atoms with Gasteiger partial charge in [0.05, 0.1) is 12.4 Å². The zero-order valence-electron chi connectivity index (χ0n) is 11.0. The summed E-state index contributed by atoms with van der Waals surface area (Å²) < 4.78 is 5.72. The van der Waals surface area contributed by atoms with Crippen molar-refractivity contribution in [1.29, 1.82) is 0 Å². The zero-order valence-corrected chi connectivity index (χ0v) is 11.0. The fourth-order valence-corrected chi connectivity index (χ4v) is 1.95. The molecule has 1 aromatic carbocycles. The van der Waals surface area contributed by atoms with Crippen molar-refractivity contribution in [3.63, 3.8) is 0 Å². The van der Waals surface area contributed by atoms with Crippen LogP contribution < -0.4 is 10.1 Å². The fourth-order valence-electron chi connectivity index (χ4n) is 1.95. The predicted molar refractivity (Wildman–Crippen MR) is 73.3 cm³/mol. The Morgan fingerprint density at radius 3 is 2.37 bits per heavy atom. The summed E-state index contributed by atoms with van der Waals surface area (Å²) in [5.74, 6) is 3.01. The SMILES string of the molecule is CNCc1ccc(Oc2cnc(C3CC3)nc2)cc1. The van der Waals surface area contributed by atoms with Crippen molar-refractivity contribution in [2.45, 2.75) is 25.3 Å². The first-order chi connectivity index (χ1) is 9.35. The summed E-state index contributed by atoms with van der Waals surface area (Å²) in [5.41, 5.74) is 1.23. The van der Waals surface area contributed by atoms with E-state index >= 15 is 0 Å². The molecule has 0 spiro atoms. The van der Waals surface area contributed by atoms with Gasteiger partial charge in [-0.25, -0.2) is 9.97 Å². The quantitative estimate of drug-likeness (QED) is 0.892. The van der Waals surface area contributed by atoms with Crippen molar-refractivity contribution in [3.8, 4) is 11.5 Å². The molecule has 0 aliphatic heterocycles. The molecule has 1 N–H and O–H groups in total. The van der Waals surface area contributed by atoms with Crippen LogP contribution in [0.2, 0.25) is 0 Å². The molecule has 1 saturated carbocycles. The standard InChI is InChI=1S/C15H17N3O/c1-16-8-11-2-6-13(7-3-11)19-14-9-17-15(18-10-14)12-4-5-12/h2-3,6-7,9-10,12,16H,4-5,8H2,1H3. The van der Waals surface area contributed by atoms with Crippen molar-refractivity contribution in [3.05, 3.63) is 48.0 Å². The molecule has 4 heteroatoms. The predicted octanol–water partition coefficient (Wildman–Crippen LogP) is 2.87. The van der Waals surface area contributed by atoms with E-state index in [1.807, 2.05) is 31.3 Å². The Balaban J connectivity index is 1.66. The maximum atomic E-state index is 5.72. The molecular formula is C15H17N3O. The Labute approximate surface area is 112 Å². The number of nitrogens with zero attached hydrogens (tertiary/aromatic N) is 2. The minimum Gasteiger partial charge on any atom is -0.454 e. The molecule has 0 amide bonds. The molecule has 19 heavy (non-hydrogen) atoms. The molecule has 4 nitrogen and oxygen atoms in total. The van der Waals surface area contributed by atoms with Crippen LogP contribution in [0.25, 0.3) is 0 Å². The summed E-state index contributed by atoms with van der Waals surface area (Å²) in [6.45, 7) is 0.861. The minimum absolute atomic E-state index is 0.579. The average Bonchev–Trinajstić information content (AvgIpc) is 3.27. The Morgan fingerprint density at radius 1 is 1.11 bits per heavy atom. The minimum atomic E-state index is 0.579. The van der Waals surface area contributed by atoms with Gasteiger partial charge in [-0.2, -0.15) is 0 Å². The summed E-state index contributed by atoms with van der Waals surface area (Å²) in [6, 6.07) is 8.01. The van der Waals surface area contributed by atoms with E-state index in [1.165, 1.54) is 18.4 Å². The van der Waals surface area contributed by atoms with Crippen molar-refractivity contribution in [1.82, 2.24) is 15.3 Å². The van der Waals surface area contributed by atoms with Gasteiger partial charge in [-0.1, -0.05) is 12.1 Å². The van der Waals surface area contributed by atoms with Crippen LogP contribution in [-0.4, -0.2) is 17.0 Å². The number of hydrogen-bond donors (Lipinski definition) is 1. The summed E-state index contributed by atoms with van der Waals surface area (Å²) in [6.07, 6.45) is 5.94. The lowest BCUT2D eigenvalue weighted by molar-refractivity contribution is 0.476. The normalized spacial score (nSPS) is 14.4. The van der Waals surface area contributed by atoms with Gasteiger partial charge in [-0.05, 0) is 37.6 Å². The van der Waals surface area contributed by atoms with Gasteiger partial charge >= 0.3 is 0 Å². The van der Waals surface area contributed by atoms with Crippen molar-refractivity contribution < 1.29 is 4.74 Å². The van der Waals surface area contributed by atoms with Gasteiger partial charge in [0.15, 0.2) is 5.75 Å². The first-order valence-electron chi connectivity index (χ1n) is 6.58. The highest BCUT2D eigenvalue weighted by atomic mass is 16.5. The topological polar surface area (TPSA) is 47.0 Å². The summed E-state index contributed by atoms with van der Waals surface area (Å²) in [7, 11) is 1.93. The van der Waals surface area contributed by atoms with Crippen molar-refractivity contribution in [2.75, 3.05) is 7.05 Å². The van der Waals surface area contributed by atoms with E-state index in [9.17, 15) is 0 Å². The third kappa shape index (κ3) is 3.09. The van der Waals surface area contributed by atoms with E-state index in [4.69, 9.17) is 4.74 Å². The maximum absolute atomic E-state index is 5.72. The van der Waals surface area contributed by atoms with Gasteiger partial charge in [-0.15, -0.1) is 0 Å². The highest BCUT2D eigenvalue weighted by Crippen LogP contribution is 2.38. The van der Waals surface area contributed by atoms with E-state index < -0.39 is 0 Å². The lowest BCUT2D eigenvalue weighted by Crippen LogP contribution is -2.04. The molecule has 3 rings (SSSR count). The van der Waals surface area contributed by atoms with E-state index in [2.05, 4.69) is 15.3 Å². The van der Waals surface area contributed by atoms with Gasteiger partial charge in [0, 0.05) is 12.5 Å². The molecule has 1 aromatic heterocycles. The van der Waals surface area contributed by atoms with E-state index in [1.54, 1.807) is 12.4 Å². The number of aromatic nitrogens is 2. The van der Waals surface area contributed by atoms with Crippen LogP contribution in [0.3, 0.4) is 0 Å². The lowest BCUT2D eigenvalue weighted by Gasteiger charge is -2.06. The highest BCUT2D eigenvalue weighted by Gasteiger charge is 2.26. The highest BCUT2D eigenvalue weighted by molar-refractivity contribution is 5.31. The molecule has 0 bridgehead atoms. The van der Waals surface area contributed by atoms with Crippen LogP contribution in [0.15, 0.2) is 36.7 Å². The Hall–Kier alpha value is -1.94. The fraction of sp³-hybridized carbons (Fsp3) is 0.333. The van der Waals surface area contributed by atoms with Crippen molar-refractivity contribution in [2.24, 2.45) is 0 Å². The Morgan fingerprint density at radius 2 is 1.79 bits per heavy atom. The number of hydrogen-bond acceptors (Lipinski definition) is 4. The lowest BCUT2D eigenvalue weighted by atomic mass is 10.2. The second-order valence-corrected chi connectivity index (χ2v) is 4.83. The van der Waals surface area contributed by atoms with Gasteiger partial charge in [0.1, 0.15) is 11.6 Å². The second kappa shape index (κ2) is 5.36. The first-order valence-corrected chi connectivity index (χ1v) is 6.58. The molecule has 1 fully saturated rings. The van der Waals surface area contributed by atoms with Crippen LogP contribution in [-0.2, 0) is 6.54 Å². The molecule has 0 unspecified atom stereocenters. The Kier molecular flexibility index (Phi) is 3.42. The van der Waals surface area contributed by atoms with Crippen molar-refractivity contribution >= 4 is 0 Å². The first kappa shape index (κ1) is 12.1. The van der Waals surface area contributed by atoms with Gasteiger partial charge in [-0.3, -0.25) is 0 Å². The molecule has 98 valence electrons. The molecule has 1 aliphatic carbocycles. The van der Waals surface area contributed by atoms with Crippen LogP contribution in [0.4, 0.5) is 0 Å². The maximum Gasteiger partial charge on any atom is 0.164 e. The van der Waals surface area contributed by atoms with E-state index in [0.717, 1.165) is 18.1 Å². The number of ether oxygens (including phenoxy) is 1. The van der Waals surface area contributed by atoms with Crippen LogP contribution in [0, 0.1) is 0 Å². The molecule has 0 radical (unpaired) electrons. The smallest absolute Gasteiger partial charge is 0.164 e. The molecular weight excluding hydrogens is 238 g/mol. The monoisotopic (exact) mass is 255 g/mol. The zero-order chi connectivity index (χ0) is 13.1. The van der Waals surface area contributed by atoms with Crippen LogP contribution >= 0.6 is 0 Å². The van der Waals surface area contributed by atoms with E-state index in [0.29, 0.717) is 11.7 Å². The van der Waals surface area contributed by atoms with Gasteiger partial charge in [0.25, 0.3) is 0 Å². The molecule has 1 aliphatic rings. The third-order valence-corrected chi connectivity index (χ3v) is 3.13. The van der Waals surface area contributed by atoms with E-state index in [-0.39, 0.29) is 0 Å². The van der Waals surface area contributed by atoms with Crippen LogP contribution in [0.1, 0.15) is 30.1 Å². The number of rotatable bonds is 5. The van der Waals surface area contributed by atoms with Gasteiger partial charge < -0.3 is 10.1 Å². The van der Waals surface area contributed by atoms with Gasteiger partial charge in [0.2, 0.25) is 0 Å². The Bertz CT molecular complexity index is 532.